The van der Waals surface area contributed by atoms with Gasteiger partial charge >= 0.3 is 0 Å². The zero-order valence-electron chi connectivity index (χ0n) is 6.76. The molecule has 1 rings (SSSR count). The van der Waals surface area contributed by atoms with Crippen molar-refractivity contribution in [1.82, 2.24) is 0 Å². The summed E-state index contributed by atoms with van der Waals surface area (Å²) in [5.74, 6) is 0. The zero-order valence-corrected chi connectivity index (χ0v) is 7.52. The molecule has 0 bridgehead atoms. The highest BCUT2D eigenvalue weighted by atomic mass is 35.5. The number of benzene rings is 1. The fraction of sp³-hybridized carbons (Fsp3) is 0.333. The fourth-order valence-electron chi connectivity index (χ4n) is 1.03. The van der Waals surface area contributed by atoms with Crippen LogP contribution in [0.2, 0.25) is 5.02 Å². The summed E-state index contributed by atoms with van der Waals surface area (Å²) in [5, 5.41) is 0.761. The van der Waals surface area contributed by atoms with Gasteiger partial charge in [-0.15, -0.1) is 0 Å². The smallest absolute Gasteiger partial charge is 0.0411 e. The summed E-state index contributed by atoms with van der Waals surface area (Å²) >= 11 is 5.84. The molecule has 0 amide bonds. The molecule has 0 radical (unpaired) electrons. The topological polar surface area (TPSA) is 26.0 Å². The Labute approximate surface area is 72.2 Å². The van der Waals surface area contributed by atoms with Gasteiger partial charge in [-0.25, -0.2) is 0 Å². The predicted molar refractivity (Wildman–Crippen MR) is 48.8 cm³/mol. The van der Waals surface area contributed by atoms with Gasteiger partial charge in [0.25, 0.3) is 0 Å². The van der Waals surface area contributed by atoms with Crippen LogP contribution in [-0.4, -0.2) is 0 Å². The van der Waals surface area contributed by atoms with Gasteiger partial charge in [0.15, 0.2) is 0 Å². The van der Waals surface area contributed by atoms with Crippen LogP contribution in [0.25, 0.3) is 0 Å². The fourth-order valence-corrected chi connectivity index (χ4v) is 1.33. The minimum atomic E-state index is 0.0624. The standard InChI is InChI=1S/C9H12ClN/c1-6-3-8(7(2)11)5-9(10)4-6/h3-5,7H,11H2,1-2H3/t7-/m1/s1. The van der Waals surface area contributed by atoms with Crippen LogP contribution in [0.15, 0.2) is 18.2 Å². The minimum absolute atomic E-state index is 0.0624. The van der Waals surface area contributed by atoms with Gasteiger partial charge in [-0.05, 0) is 37.1 Å². The molecule has 0 saturated carbocycles. The largest absolute Gasteiger partial charge is 0.324 e. The SMILES string of the molecule is Cc1cc(Cl)cc([C@@H](C)N)c1. The number of hydrogen-bond donors (Lipinski definition) is 1. The van der Waals surface area contributed by atoms with E-state index in [9.17, 15) is 0 Å². The summed E-state index contributed by atoms with van der Waals surface area (Å²) in [7, 11) is 0. The molecular formula is C9H12ClN. The molecule has 0 unspecified atom stereocenters. The normalized spacial score (nSPS) is 13.1. The van der Waals surface area contributed by atoms with E-state index < -0.39 is 0 Å². The van der Waals surface area contributed by atoms with Gasteiger partial charge in [-0.1, -0.05) is 17.7 Å². The minimum Gasteiger partial charge on any atom is -0.324 e. The Hall–Kier alpha value is -0.530. The van der Waals surface area contributed by atoms with Crippen LogP contribution in [0.1, 0.15) is 24.1 Å². The molecular weight excluding hydrogens is 158 g/mol. The lowest BCUT2D eigenvalue weighted by molar-refractivity contribution is 0.817. The molecule has 0 heterocycles. The van der Waals surface area contributed by atoms with Gasteiger partial charge in [0.05, 0.1) is 0 Å². The summed E-state index contributed by atoms with van der Waals surface area (Å²) in [6.45, 7) is 3.96. The predicted octanol–water partition coefficient (Wildman–Crippen LogP) is 2.67. The number of halogens is 1. The van der Waals surface area contributed by atoms with Gasteiger partial charge < -0.3 is 5.73 Å². The van der Waals surface area contributed by atoms with Gasteiger partial charge in [0.1, 0.15) is 0 Å². The molecule has 0 aliphatic rings. The maximum Gasteiger partial charge on any atom is 0.0411 e. The Morgan fingerprint density at radius 1 is 1.36 bits per heavy atom. The Morgan fingerprint density at radius 2 is 2.00 bits per heavy atom. The van der Waals surface area contributed by atoms with Crippen LogP contribution in [-0.2, 0) is 0 Å². The number of hydrogen-bond acceptors (Lipinski definition) is 1. The number of nitrogens with two attached hydrogens (primary N) is 1. The van der Waals surface area contributed by atoms with Crippen molar-refractivity contribution in [3.05, 3.63) is 34.3 Å². The molecule has 0 fully saturated rings. The highest BCUT2D eigenvalue weighted by Crippen LogP contribution is 2.18. The van der Waals surface area contributed by atoms with Crippen molar-refractivity contribution in [3.63, 3.8) is 0 Å². The Kier molecular flexibility index (Phi) is 2.53. The van der Waals surface area contributed by atoms with Crippen LogP contribution < -0.4 is 5.73 Å². The van der Waals surface area contributed by atoms with Crippen LogP contribution in [0, 0.1) is 6.92 Å². The molecule has 0 aliphatic carbocycles. The molecule has 2 heteroatoms. The zero-order chi connectivity index (χ0) is 8.43. The first-order valence-electron chi connectivity index (χ1n) is 3.62. The molecule has 0 aromatic heterocycles. The lowest BCUT2D eigenvalue weighted by Crippen LogP contribution is -2.04. The first kappa shape index (κ1) is 8.57. The van der Waals surface area contributed by atoms with E-state index >= 15 is 0 Å². The van der Waals surface area contributed by atoms with Crippen LogP contribution in [0.5, 0.6) is 0 Å². The maximum absolute atomic E-state index is 5.84. The van der Waals surface area contributed by atoms with E-state index in [1.165, 1.54) is 0 Å². The van der Waals surface area contributed by atoms with E-state index in [0.29, 0.717) is 0 Å². The van der Waals surface area contributed by atoms with Crippen LogP contribution >= 0.6 is 11.6 Å². The first-order valence-corrected chi connectivity index (χ1v) is 4.00. The summed E-state index contributed by atoms with van der Waals surface area (Å²) in [6.07, 6.45) is 0. The highest BCUT2D eigenvalue weighted by molar-refractivity contribution is 6.30. The van der Waals surface area contributed by atoms with Gasteiger partial charge in [0, 0.05) is 11.1 Å². The van der Waals surface area contributed by atoms with Crippen molar-refractivity contribution in [2.24, 2.45) is 5.73 Å². The van der Waals surface area contributed by atoms with E-state index in [-0.39, 0.29) is 6.04 Å². The third-order valence-electron chi connectivity index (χ3n) is 1.59. The van der Waals surface area contributed by atoms with Gasteiger partial charge in [0.2, 0.25) is 0 Å². The third-order valence-corrected chi connectivity index (χ3v) is 1.81. The van der Waals surface area contributed by atoms with Crippen molar-refractivity contribution in [2.45, 2.75) is 19.9 Å². The Morgan fingerprint density at radius 3 is 2.45 bits per heavy atom. The molecule has 1 aromatic carbocycles. The van der Waals surface area contributed by atoms with E-state index in [1.54, 1.807) is 0 Å². The van der Waals surface area contributed by atoms with Gasteiger partial charge in [-0.3, -0.25) is 0 Å². The Bertz CT molecular complexity index is 235. The van der Waals surface area contributed by atoms with E-state index in [2.05, 4.69) is 6.07 Å². The summed E-state index contributed by atoms with van der Waals surface area (Å²) in [4.78, 5) is 0. The quantitative estimate of drug-likeness (QED) is 0.688. The number of rotatable bonds is 1. The second kappa shape index (κ2) is 3.24. The Balaban J connectivity index is 3.08. The monoisotopic (exact) mass is 169 g/mol. The molecule has 2 N–H and O–H groups in total. The lowest BCUT2D eigenvalue weighted by atomic mass is 10.1. The molecule has 1 nitrogen and oxygen atoms in total. The van der Waals surface area contributed by atoms with Crippen LogP contribution in [0.4, 0.5) is 0 Å². The first-order chi connectivity index (χ1) is 5.09. The van der Waals surface area contributed by atoms with Gasteiger partial charge in [-0.2, -0.15) is 0 Å². The van der Waals surface area contributed by atoms with Crippen molar-refractivity contribution in [1.29, 1.82) is 0 Å². The maximum atomic E-state index is 5.84. The van der Waals surface area contributed by atoms with Crippen molar-refractivity contribution in [3.8, 4) is 0 Å². The summed E-state index contributed by atoms with van der Waals surface area (Å²) < 4.78 is 0. The molecule has 0 saturated heterocycles. The van der Waals surface area contributed by atoms with Crippen molar-refractivity contribution < 1.29 is 0 Å². The van der Waals surface area contributed by atoms with E-state index in [0.717, 1.165) is 16.1 Å². The van der Waals surface area contributed by atoms with Crippen molar-refractivity contribution in [2.75, 3.05) is 0 Å². The second-order valence-electron chi connectivity index (χ2n) is 2.85. The molecule has 60 valence electrons. The molecule has 11 heavy (non-hydrogen) atoms. The number of aryl methyl sites for hydroxylation is 1. The highest BCUT2D eigenvalue weighted by Gasteiger charge is 2.00. The second-order valence-corrected chi connectivity index (χ2v) is 3.29. The van der Waals surface area contributed by atoms with E-state index in [4.69, 9.17) is 17.3 Å². The summed E-state index contributed by atoms with van der Waals surface area (Å²) in [5.41, 5.74) is 7.94. The summed E-state index contributed by atoms with van der Waals surface area (Å²) in [6, 6.07) is 5.94. The molecule has 0 aliphatic heterocycles. The molecule has 1 atom stereocenters. The lowest BCUT2D eigenvalue weighted by Gasteiger charge is -2.06. The van der Waals surface area contributed by atoms with Crippen LogP contribution in [0.3, 0.4) is 0 Å². The average Bonchev–Trinajstić information content (AvgIpc) is 1.85. The molecule has 0 spiro atoms. The molecule has 1 aromatic rings. The third kappa shape index (κ3) is 2.21. The van der Waals surface area contributed by atoms with Crippen molar-refractivity contribution >= 4 is 11.6 Å². The average molecular weight is 170 g/mol. The van der Waals surface area contributed by atoms with E-state index in [1.807, 2.05) is 26.0 Å².